The van der Waals surface area contributed by atoms with Crippen LogP contribution in [0, 0.1) is 0 Å². The van der Waals surface area contributed by atoms with E-state index in [1.165, 1.54) is 19.3 Å². The third-order valence-electron chi connectivity index (χ3n) is 3.11. The maximum atomic E-state index is 11.6. The molecule has 126 valence electrons. The average Bonchev–Trinajstić information content (AvgIpc) is 2.48. The Balaban J connectivity index is 3.53. The summed E-state index contributed by atoms with van der Waals surface area (Å²) in [6, 6.07) is -0.346. The number of nitrogens with one attached hydrogen (secondary N) is 2. The number of hydrogen-bond acceptors (Lipinski definition) is 5. The van der Waals surface area contributed by atoms with Crippen molar-refractivity contribution in [2.24, 2.45) is 0 Å². The molecule has 0 radical (unpaired) electrons. The number of rotatable bonds is 14. The Bertz CT molecular complexity index is 252. The van der Waals surface area contributed by atoms with Crippen LogP contribution in [-0.4, -0.2) is 63.2 Å². The van der Waals surface area contributed by atoms with Gasteiger partial charge in [-0.1, -0.05) is 26.2 Å². The van der Waals surface area contributed by atoms with Crippen LogP contribution in [0.1, 0.15) is 39.5 Å². The highest BCUT2D eigenvalue weighted by Crippen LogP contribution is 1.99. The second kappa shape index (κ2) is 14.3. The molecular formula is C15H32N2O4. The first-order valence-corrected chi connectivity index (χ1v) is 7.87. The largest absolute Gasteiger partial charge is 0.389 e. The molecule has 21 heavy (non-hydrogen) atoms. The Morgan fingerprint density at radius 1 is 1.24 bits per heavy atom. The molecule has 6 nitrogen and oxygen atoms in total. The molecule has 0 aliphatic rings. The summed E-state index contributed by atoms with van der Waals surface area (Å²) in [7, 11) is 1.59. The lowest BCUT2D eigenvalue weighted by Gasteiger charge is -2.17. The number of unbranched alkanes of at least 4 members (excludes halogenated alkanes) is 3. The van der Waals surface area contributed by atoms with E-state index in [1.54, 1.807) is 14.0 Å². The van der Waals surface area contributed by atoms with Crippen LogP contribution in [0.3, 0.4) is 0 Å². The van der Waals surface area contributed by atoms with Gasteiger partial charge in [0.05, 0.1) is 25.4 Å². The number of carbonyl (C=O) groups excluding carboxylic acids is 1. The number of aliphatic hydroxyl groups excluding tert-OH is 1. The summed E-state index contributed by atoms with van der Waals surface area (Å²) in [5.74, 6) is -0.0975. The predicted octanol–water partition coefficient (Wildman–Crippen LogP) is 0.685. The summed E-state index contributed by atoms with van der Waals surface area (Å²) in [6.07, 6.45) is 4.04. The average molecular weight is 304 g/mol. The van der Waals surface area contributed by atoms with E-state index in [-0.39, 0.29) is 11.9 Å². The summed E-state index contributed by atoms with van der Waals surface area (Å²) < 4.78 is 10.3. The van der Waals surface area contributed by atoms with Crippen molar-refractivity contribution in [1.82, 2.24) is 10.6 Å². The molecule has 0 saturated heterocycles. The molecule has 0 saturated carbocycles. The molecule has 3 N–H and O–H groups in total. The minimum absolute atomic E-state index is 0.0975. The molecular weight excluding hydrogens is 272 g/mol. The van der Waals surface area contributed by atoms with E-state index in [2.05, 4.69) is 17.6 Å². The molecule has 1 amide bonds. The van der Waals surface area contributed by atoms with E-state index in [0.29, 0.717) is 32.9 Å². The van der Waals surface area contributed by atoms with Gasteiger partial charge in [-0.3, -0.25) is 4.79 Å². The maximum Gasteiger partial charge on any atom is 0.236 e. The van der Waals surface area contributed by atoms with Crippen LogP contribution >= 0.6 is 0 Å². The standard InChI is InChI=1S/C15H32N2O4/c1-4-5-6-7-9-21-12-14(18)11-17-13(2)15(19)16-8-10-20-3/h13-14,17-18H,4-12H2,1-3H3,(H,16,19). The number of amides is 1. The first kappa shape index (κ1) is 20.3. The Labute approximate surface area is 128 Å². The molecule has 2 unspecified atom stereocenters. The molecule has 0 rings (SSSR count). The second-order valence-corrected chi connectivity index (χ2v) is 5.20. The van der Waals surface area contributed by atoms with Gasteiger partial charge in [0.25, 0.3) is 0 Å². The second-order valence-electron chi connectivity index (χ2n) is 5.20. The van der Waals surface area contributed by atoms with Crippen LogP contribution in [0.25, 0.3) is 0 Å². The van der Waals surface area contributed by atoms with Crippen LogP contribution in [0.2, 0.25) is 0 Å². The highest BCUT2D eigenvalue weighted by atomic mass is 16.5. The summed E-state index contributed by atoms with van der Waals surface area (Å²) in [5, 5.41) is 15.5. The van der Waals surface area contributed by atoms with Gasteiger partial charge in [-0.25, -0.2) is 0 Å². The Kier molecular flexibility index (Phi) is 13.8. The third kappa shape index (κ3) is 12.7. The monoisotopic (exact) mass is 304 g/mol. The van der Waals surface area contributed by atoms with E-state index in [0.717, 1.165) is 6.42 Å². The van der Waals surface area contributed by atoms with Gasteiger partial charge in [0.2, 0.25) is 5.91 Å². The van der Waals surface area contributed by atoms with Crippen LogP contribution in [0.15, 0.2) is 0 Å². The predicted molar refractivity (Wildman–Crippen MR) is 83.3 cm³/mol. The summed E-state index contributed by atoms with van der Waals surface area (Å²) in [4.78, 5) is 11.6. The first-order valence-electron chi connectivity index (χ1n) is 7.87. The van der Waals surface area contributed by atoms with Crippen LogP contribution in [0.4, 0.5) is 0 Å². The van der Waals surface area contributed by atoms with E-state index in [4.69, 9.17) is 9.47 Å². The Hall–Kier alpha value is -0.690. The number of methoxy groups -OCH3 is 1. The molecule has 0 heterocycles. The van der Waals surface area contributed by atoms with Crippen LogP contribution in [-0.2, 0) is 14.3 Å². The van der Waals surface area contributed by atoms with Gasteiger partial charge in [-0.2, -0.15) is 0 Å². The van der Waals surface area contributed by atoms with Crippen molar-refractivity contribution < 1.29 is 19.4 Å². The van der Waals surface area contributed by atoms with Gasteiger partial charge in [-0.05, 0) is 13.3 Å². The van der Waals surface area contributed by atoms with Gasteiger partial charge >= 0.3 is 0 Å². The molecule has 0 aromatic rings. The fourth-order valence-corrected chi connectivity index (χ4v) is 1.74. The van der Waals surface area contributed by atoms with Crippen molar-refractivity contribution in [2.45, 2.75) is 51.7 Å². The minimum atomic E-state index is -0.592. The summed E-state index contributed by atoms with van der Waals surface area (Å²) >= 11 is 0. The molecule has 0 spiro atoms. The maximum absolute atomic E-state index is 11.6. The van der Waals surface area contributed by atoms with Gasteiger partial charge in [0.1, 0.15) is 0 Å². The molecule has 0 aromatic carbocycles. The van der Waals surface area contributed by atoms with E-state index < -0.39 is 6.10 Å². The number of carbonyl (C=O) groups is 1. The van der Waals surface area contributed by atoms with Gasteiger partial charge in [0.15, 0.2) is 0 Å². The Morgan fingerprint density at radius 2 is 2.00 bits per heavy atom. The zero-order chi connectivity index (χ0) is 15.9. The number of aliphatic hydroxyl groups is 1. The van der Waals surface area contributed by atoms with E-state index in [9.17, 15) is 9.90 Å². The summed E-state index contributed by atoms with van der Waals surface area (Å²) in [6.45, 7) is 6.25. The highest BCUT2D eigenvalue weighted by Gasteiger charge is 2.13. The third-order valence-corrected chi connectivity index (χ3v) is 3.11. The molecule has 0 aromatic heterocycles. The molecule has 2 atom stereocenters. The topological polar surface area (TPSA) is 79.8 Å². The van der Waals surface area contributed by atoms with Gasteiger partial charge in [-0.15, -0.1) is 0 Å². The number of hydrogen-bond donors (Lipinski definition) is 3. The smallest absolute Gasteiger partial charge is 0.236 e. The highest BCUT2D eigenvalue weighted by molar-refractivity contribution is 5.81. The SMILES string of the molecule is CCCCCCOCC(O)CNC(C)C(=O)NCCOC. The van der Waals surface area contributed by atoms with Gasteiger partial charge in [0, 0.05) is 26.8 Å². The van der Waals surface area contributed by atoms with Crippen LogP contribution < -0.4 is 10.6 Å². The van der Waals surface area contributed by atoms with Crippen molar-refractivity contribution >= 4 is 5.91 Å². The van der Waals surface area contributed by atoms with Crippen LogP contribution in [0.5, 0.6) is 0 Å². The normalized spacial score (nSPS) is 13.9. The lowest BCUT2D eigenvalue weighted by Crippen LogP contribution is -2.46. The lowest BCUT2D eigenvalue weighted by molar-refractivity contribution is -0.123. The lowest BCUT2D eigenvalue weighted by atomic mass is 10.2. The molecule has 0 aliphatic heterocycles. The molecule has 0 aliphatic carbocycles. The zero-order valence-corrected chi connectivity index (χ0v) is 13.7. The first-order chi connectivity index (χ1) is 10.1. The van der Waals surface area contributed by atoms with Crippen molar-refractivity contribution in [3.05, 3.63) is 0 Å². The van der Waals surface area contributed by atoms with Crippen molar-refractivity contribution in [1.29, 1.82) is 0 Å². The van der Waals surface area contributed by atoms with Crippen molar-refractivity contribution in [3.63, 3.8) is 0 Å². The quantitative estimate of drug-likeness (QED) is 0.411. The molecule has 6 heteroatoms. The zero-order valence-electron chi connectivity index (χ0n) is 13.7. The molecule has 0 fully saturated rings. The van der Waals surface area contributed by atoms with Gasteiger partial charge < -0.3 is 25.2 Å². The fourth-order valence-electron chi connectivity index (χ4n) is 1.74. The van der Waals surface area contributed by atoms with Crippen molar-refractivity contribution in [3.8, 4) is 0 Å². The molecule has 0 bridgehead atoms. The fraction of sp³-hybridized carbons (Fsp3) is 0.933. The Morgan fingerprint density at radius 3 is 2.67 bits per heavy atom. The minimum Gasteiger partial charge on any atom is -0.389 e. The summed E-state index contributed by atoms with van der Waals surface area (Å²) in [5.41, 5.74) is 0. The number of ether oxygens (including phenoxy) is 2. The van der Waals surface area contributed by atoms with E-state index in [1.807, 2.05) is 0 Å². The van der Waals surface area contributed by atoms with Crippen molar-refractivity contribution in [2.75, 3.05) is 40.0 Å². The van der Waals surface area contributed by atoms with E-state index >= 15 is 0 Å².